The van der Waals surface area contributed by atoms with Gasteiger partial charge in [-0.2, -0.15) is 0 Å². The number of aliphatic carboxylic acids is 1. The summed E-state index contributed by atoms with van der Waals surface area (Å²) in [7, 11) is 0. The monoisotopic (exact) mass is 422 g/mol. The topological polar surface area (TPSA) is 105 Å². The first-order valence-electron chi connectivity index (χ1n) is 10.6. The Morgan fingerprint density at radius 1 is 1.03 bits per heavy atom. The SMILES string of the molecule is CC(CNC(=O)OCC1c2ccccc2-c2ccccc21)C(=O)NC(C(=O)O)C1CC1. The van der Waals surface area contributed by atoms with Crippen molar-refractivity contribution in [1.82, 2.24) is 10.6 Å². The summed E-state index contributed by atoms with van der Waals surface area (Å²) in [6.07, 6.45) is 1.02. The van der Waals surface area contributed by atoms with Crippen molar-refractivity contribution in [3.05, 3.63) is 59.7 Å². The number of benzene rings is 2. The molecule has 2 atom stereocenters. The minimum Gasteiger partial charge on any atom is -0.480 e. The molecule has 3 N–H and O–H groups in total. The fraction of sp³-hybridized carbons (Fsp3) is 0.375. The van der Waals surface area contributed by atoms with E-state index in [1.54, 1.807) is 6.92 Å². The number of rotatable bonds is 8. The molecule has 0 radical (unpaired) electrons. The van der Waals surface area contributed by atoms with Gasteiger partial charge in [-0.25, -0.2) is 9.59 Å². The summed E-state index contributed by atoms with van der Waals surface area (Å²) in [6, 6.07) is 15.3. The Balaban J connectivity index is 1.29. The summed E-state index contributed by atoms with van der Waals surface area (Å²) < 4.78 is 5.46. The Bertz CT molecular complexity index is 955. The summed E-state index contributed by atoms with van der Waals surface area (Å²) in [5, 5.41) is 14.4. The highest BCUT2D eigenvalue weighted by molar-refractivity contribution is 5.85. The standard InChI is InChI=1S/C24H26N2O5/c1-14(22(27)26-21(23(28)29)15-10-11-15)12-25-24(30)31-13-20-18-8-4-2-6-16(18)17-7-3-5-9-19(17)20/h2-9,14-15,20-21H,10-13H2,1H3,(H,25,30)(H,26,27)(H,28,29). The zero-order chi connectivity index (χ0) is 22.0. The van der Waals surface area contributed by atoms with Gasteiger partial charge in [0.05, 0.1) is 5.92 Å². The first-order chi connectivity index (χ1) is 15.0. The van der Waals surface area contributed by atoms with Crippen molar-refractivity contribution in [3.8, 4) is 11.1 Å². The van der Waals surface area contributed by atoms with Gasteiger partial charge in [0.15, 0.2) is 0 Å². The smallest absolute Gasteiger partial charge is 0.407 e. The van der Waals surface area contributed by atoms with E-state index in [0.717, 1.165) is 35.1 Å². The van der Waals surface area contributed by atoms with Crippen LogP contribution >= 0.6 is 0 Å². The lowest BCUT2D eigenvalue weighted by Crippen LogP contribution is -2.46. The lowest BCUT2D eigenvalue weighted by atomic mass is 9.98. The van der Waals surface area contributed by atoms with Gasteiger partial charge < -0.3 is 20.5 Å². The molecule has 2 unspecified atom stereocenters. The van der Waals surface area contributed by atoms with E-state index in [-0.39, 0.29) is 25.0 Å². The summed E-state index contributed by atoms with van der Waals surface area (Å²) >= 11 is 0. The van der Waals surface area contributed by atoms with Crippen LogP contribution in [0.3, 0.4) is 0 Å². The second kappa shape index (κ2) is 8.79. The van der Waals surface area contributed by atoms with E-state index in [4.69, 9.17) is 4.74 Å². The molecule has 2 aromatic rings. The third-order valence-corrected chi connectivity index (χ3v) is 6.00. The molecule has 0 bridgehead atoms. The highest BCUT2D eigenvalue weighted by Gasteiger charge is 2.38. The summed E-state index contributed by atoms with van der Waals surface area (Å²) in [5.41, 5.74) is 4.56. The van der Waals surface area contributed by atoms with Gasteiger partial charge in [-0.05, 0) is 41.0 Å². The minimum absolute atomic E-state index is 0.00346. The molecule has 7 heteroatoms. The zero-order valence-electron chi connectivity index (χ0n) is 17.3. The van der Waals surface area contributed by atoms with Crippen LogP contribution in [0.2, 0.25) is 0 Å². The van der Waals surface area contributed by atoms with Crippen LogP contribution in [0.15, 0.2) is 48.5 Å². The molecule has 2 amide bonds. The van der Waals surface area contributed by atoms with Crippen molar-refractivity contribution in [1.29, 1.82) is 0 Å². The molecular weight excluding hydrogens is 396 g/mol. The Hall–Kier alpha value is -3.35. The maximum absolute atomic E-state index is 12.3. The second-order valence-corrected chi connectivity index (χ2v) is 8.27. The third-order valence-electron chi connectivity index (χ3n) is 6.00. The van der Waals surface area contributed by atoms with Gasteiger partial charge in [-0.15, -0.1) is 0 Å². The zero-order valence-corrected chi connectivity index (χ0v) is 17.3. The molecule has 162 valence electrons. The van der Waals surface area contributed by atoms with Gasteiger partial charge in [0.2, 0.25) is 5.91 Å². The average Bonchev–Trinajstić information content (AvgIpc) is 3.56. The predicted molar refractivity (Wildman–Crippen MR) is 115 cm³/mol. The number of hydrogen-bond donors (Lipinski definition) is 3. The van der Waals surface area contributed by atoms with Crippen molar-refractivity contribution < 1.29 is 24.2 Å². The number of ether oxygens (including phenoxy) is 1. The van der Waals surface area contributed by atoms with Crippen molar-refractivity contribution in [3.63, 3.8) is 0 Å². The maximum atomic E-state index is 12.3. The maximum Gasteiger partial charge on any atom is 0.407 e. The molecule has 1 fully saturated rings. The molecule has 0 heterocycles. The van der Waals surface area contributed by atoms with E-state index in [1.807, 2.05) is 36.4 Å². The van der Waals surface area contributed by atoms with Crippen molar-refractivity contribution >= 4 is 18.0 Å². The molecule has 0 spiro atoms. The summed E-state index contributed by atoms with van der Waals surface area (Å²) in [6.45, 7) is 1.91. The summed E-state index contributed by atoms with van der Waals surface area (Å²) in [5.74, 6) is -2.01. The fourth-order valence-corrected chi connectivity index (χ4v) is 4.08. The minimum atomic E-state index is -1.02. The van der Waals surface area contributed by atoms with Gasteiger partial charge in [0.1, 0.15) is 12.6 Å². The van der Waals surface area contributed by atoms with Gasteiger partial charge >= 0.3 is 12.1 Å². The number of carbonyl (C=O) groups is 3. The molecule has 1 saturated carbocycles. The molecule has 0 aliphatic heterocycles. The Morgan fingerprint density at radius 2 is 1.61 bits per heavy atom. The van der Waals surface area contributed by atoms with E-state index >= 15 is 0 Å². The largest absolute Gasteiger partial charge is 0.480 e. The van der Waals surface area contributed by atoms with Crippen LogP contribution < -0.4 is 10.6 Å². The van der Waals surface area contributed by atoms with E-state index in [1.165, 1.54) is 0 Å². The van der Waals surface area contributed by atoms with Crippen molar-refractivity contribution in [2.45, 2.75) is 31.7 Å². The van der Waals surface area contributed by atoms with E-state index in [0.29, 0.717) is 0 Å². The van der Waals surface area contributed by atoms with E-state index < -0.39 is 29.9 Å². The normalized spacial score (nSPS) is 16.5. The number of hydrogen-bond acceptors (Lipinski definition) is 4. The van der Waals surface area contributed by atoms with E-state index in [9.17, 15) is 19.5 Å². The second-order valence-electron chi connectivity index (χ2n) is 8.27. The van der Waals surface area contributed by atoms with Gasteiger partial charge in [0.25, 0.3) is 0 Å². The highest BCUT2D eigenvalue weighted by Crippen LogP contribution is 2.44. The number of amides is 2. The third kappa shape index (κ3) is 4.55. The van der Waals surface area contributed by atoms with Gasteiger partial charge in [-0.1, -0.05) is 55.5 Å². The Morgan fingerprint density at radius 3 is 2.16 bits per heavy atom. The van der Waals surface area contributed by atoms with Crippen LogP contribution in [0.1, 0.15) is 36.8 Å². The molecule has 2 aliphatic rings. The van der Waals surface area contributed by atoms with Crippen LogP contribution in [0.5, 0.6) is 0 Å². The van der Waals surface area contributed by atoms with Crippen LogP contribution in [0.25, 0.3) is 11.1 Å². The first kappa shape index (κ1) is 20.9. The summed E-state index contributed by atoms with van der Waals surface area (Å²) in [4.78, 5) is 35.8. The number of carboxylic acids is 1. The van der Waals surface area contributed by atoms with Gasteiger partial charge in [0, 0.05) is 12.5 Å². The van der Waals surface area contributed by atoms with Crippen LogP contribution in [0, 0.1) is 11.8 Å². The van der Waals surface area contributed by atoms with Crippen LogP contribution in [-0.4, -0.2) is 42.3 Å². The molecular formula is C24H26N2O5. The highest BCUT2D eigenvalue weighted by atomic mass is 16.5. The number of nitrogens with one attached hydrogen (secondary N) is 2. The molecule has 2 aliphatic carbocycles. The Labute approximate surface area is 180 Å². The molecule has 31 heavy (non-hydrogen) atoms. The predicted octanol–water partition coefficient (Wildman–Crippen LogP) is 3.14. The molecule has 2 aromatic carbocycles. The fourth-order valence-electron chi connectivity index (χ4n) is 4.08. The van der Waals surface area contributed by atoms with Crippen molar-refractivity contribution in [2.75, 3.05) is 13.2 Å². The quantitative estimate of drug-likeness (QED) is 0.606. The molecule has 0 aromatic heterocycles. The van der Waals surface area contributed by atoms with Crippen molar-refractivity contribution in [2.24, 2.45) is 11.8 Å². The number of carbonyl (C=O) groups excluding carboxylic acids is 2. The molecule has 0 saturated heterocycles. The number of alkyl carbamates (subject to hydrolysis) is 1. The van der Waals surface area contributed by atoms with Crippen LogP contribution in [-0.2, 0) is 14.3 Å². The van der Waals surface area contributed by atoms with Gasteiger partial charge in [-0.3, -0.25) is 4.79 Å². The average molecular weight is 422 g/mol. The number of carboxylic acid groups (broad SMARTS) is 1. The van der Waals surface area contributed by atoms with Crippen LogP contribution in [0.4, 0.5) is 4.79 Å². The van der Waals surface area contributed by atoms with E-state index in [2.05, 4.69) is 22.8 Å². The molecule has 7 nitrogen and oxygen atoms in total. The lowest BCUT2D eigenvalue weighted by Gasteiger charge is -2.18. The number of fused-ring (bicyclic) bond motifs is 3. The molecule has 4 rings (SSSR count). The Kier molecular flexibility index (Phi) is 5.93. The first-order valence-corrected chi connectivity index (χ1v) is 10.6. The lowest BCUT2D eigenvalue weighted by molar-refractivity contribution is -0.143.